The van der Waals surface area contributed by atoms with Crippen molar-refractivity contribution in [3.8, 4) is 0 Å². The molecule has 0 aliphatic carbocycles. The second-order valence-corrected chi connectivity index (χ2v) is 0.548. The molecule has 0 spiro atoms. The second kappa shape index (κ2) is 22.8. The molecule has 0 unspecified atom stereocenters. The van der Waals surface area contributed by atoms with E-state index in [1.54, 1.807) is 6.26 Å². The average molecular weight is 108 g/mol. The maximum absolute atomic E-state index is 8.28. The van der Waals surface area contributed by atoms with E-state index in [0.29, 0.717) is 16.2 Å². The van der Waals surface area contributed by atoms with E-state index in [0.717, 1.165) is 12.0 Å². The Morgan fingerprint density at radius 1 is 1.80 bits per heavy atom. The van der Waals surface area contributed by atoms with E-state index in [4.69, 9.17) is 8.36 Å². The van der Waals surface area contributed by atoms with Crippen LogP contribution in [-0.2, 0) is 3.80 Å². The molecule has 0 aromatic heterocycles. The first-order valence-corrected chi connectivity index (χ1v) is 2.64. The molecule has 30 valence electrons. The van der Waals surface area contributed by atoms with Gasteiger partial charge in [0.15, 0.2) is 0 Å². The number of rotatable bonds is 0. The van der Waals surface area contributed by atoms with Gasteiger partial charge >= 0.3 is 20.0 Å². The number of hydrogen-bond donors (Lipinski definition) is 1. The summed E-state index contributed by atoms with van der Waals surface area (Å²) in [7, 11) is 0. The maximum atomic E-state index is 8.28. The van der Waals surface area contributed by atoms with Crippen LogP contribution in [0, 0.1) is 0 Å². The van der Waals surface area contributed by atoms with Crippen molar-refractivity contribution >= 4 is 28.3 Å². The van der Waals surface area contributed by atoms with Crippen molar-refractivity contribution in [1.29, 1.82) is 0 Å². The molecule has 0 aromatic rings. The fourth-order valence-corrected chi connectivity index (χ4v) is 0. The van der Waals surface area contributed by atoms with Crippen LogP contribution in [0.25, 0.3) is 0 Å². The quantitative estimate of drug-likeness (QED) is 0.352. The van der Waals surface area contributed by atoms with Crippen LogP contribution in [0.5, 0.6) is 0 Å². The minimum atomic E-state index is 0.611. The molecule has 0 radical (unpaired) electrons. The van der Waals surface area contributed by atoms with Crippen LogP contribution in [0.1, 0.15) is 0 Å². The summed E-state index contributed by atoms with van der Waals surface area (Å²) < 4.78 is 15.8. The molecule has 1 N–H and O–H groups in total. The summed E-state index contributed by atoms with van der Waals surface area (Å²) in [6, 6.07) is 0. The first-order chi connectivity index (χ1) is 2.41. The topological polar surface area (TPSA) is 37.3 Å². The monoisotopic (exact) mass is 108 g/mol. The predicted molar refractivity (Wildman–Crippen MR) is 24.0 cm³/mol. The molecular weight excluding hydrogens is 103 g/mol. The van der Waals surface area contributed by atoms with Gasteiger partial charge in [-0.15, -0.1) is 0 Å². The molecule has 0 saturated carbocycles. The van der Waals surface area contributed by atoms with Crippen molar-refractivity contribution in [2.75, 3.05) is 6.26 Å². The van der Waals surface area contributed by atoms with Gasteiger partial charge in [0.05, 0.1) is 0 Å². The molecule has 4 heteroatoms. The molecular formula is CH5AlO2S. The third-order valence-electron chi connectivity index (χ3n) is 0. The van der Waals surface area contributed by atoms with E-state index < -0.39 is 0 Å². The number of hydrogen-bond acceptors (Lipinski definition) is 3. The van der Waals surface area contributed by atoms with Gasteiger partial charge in [0.2, 0.25) is 0 Å². The molecule has 0 fully saturated rings. The van der Waals surface area contributed by atoms with E-state index >= 15 is 0 Å². The molecule has 0 atom stereocenters. The van der Waals surface area contributed by atoms with Crippen LogP contribution in [0.3, 0.4) is 0 Å². The molecule has 0 aliphatic heterocycles. The Labute approximate surface area is 43.4 Å². The summed E-state index contributed by atoms with van der Waals surface area (Å²) in [6.07, 6.45) is 1.60. The van der Waals surface area contributed by atoms with E-state index in [1.165, 1.54) is 0 Å². The third-order valence-corrected chi connectivity index (χ3v) is 0. The van der Waals surface area contributed by atoms with Gasteiger partial charge in [0, 0.05) is 6.26 Å². The molecule has 0 rings (SSSR count). The Morgan fingerprint density at radius 3 is 1.80 bits per heavy atom. The normalized spacial score (nSPS) is 4.20. The Morgan fingerprint density at radius 2 is 1.80 bits per heavy atom. The van der Waals surface area contributed by atoms with Crippen molar-refractivity contribution in [2.24, 2.45) is 0 Å². The summed E-state index contributed by atoms with van der Waals surface area (Å²) in [4.78, 5) is 0. The summed E-state index contributed by atoms with van der Waals surface area (Å²) in [5.41, 5.74) is 0. The Balaban J connectivity index is 0. The van der Waals surface area contributed by atoms with Crippen LogP contribution in [0.2, 0.25) is 0 Å². The predicted octanol–water partition coefficient (Wildman–Crippen LogP) is 0.0551. The van der Waals surface area contributed by atoms with Crippen molar-refractivity contribution in [2.45, 2.75) is 0 Å². The van der Waals surface area contributed by atoms with Crippen LogP contribution in [-0.4, -0.2) is 27.0 Å². The van der Waals surface area contributed by atoms with Crippen molar-refractivity contribution in [3.63, 3.8) is 0 Å². The standard InChI is InChI=1S/CH4OS.Al.O.H/c1-3-2;;;/h2H,1H3;;;. The van der Waals surface area contributed by atoms with Gasteiger partial charge in [0.1, 0.15) is 0 Å². The molecule has 0 aromatic carbocycles. The van der Waals surface area contributed by atoms with Gasteiger partial charge in [-0.1, -0.05) is 0 Å². The summed E-state index contributed by atoms with van der Waals surface area (Å²) in [6.45, 7) is 0. The fourth-order valence-electron chi connectivity index (χ4n) is 0. The minimum absolute atomic E-state index is 0.611. The van der Waals surface area contributed by atoms with E-state index in [2.05, 4.69) is 0 Å². The second-order valence-electron chi connectivity index (χ2n) is 0.183. The van der Waals surface area contributed by atoms with Crippen molar-refractivity contribution < 1.29 is 8.36 Å². The van der Waals surface area contributed by atoms with Gasteiger partial charge in [-0.2, -0.15) is 0 Å². The zero-order chi connectivity index (χ0) is 4.71. The van der Waals surface area contributed by atoms with E-state index in [-0.39, 0.29) is 0 Å². The Kier molecular flexibility index (Phi) is 41.9. The fraction of sp³-hybridized carbons (Fsp3) is 1.00. The molecule has 2 nitrogen and oxygen atoms in total. The molecule has 0 bridgehead atoms. The van der Waals surface area contributed by atoms with Gasteiger partial charge < -0.3 is 4.55 Å². The van der Waals surface area contributed by atoms with Crippen LogP contribution < -0.4 is 0 Å². The molecule has 0 saturated heterocycles. The Bertz CT molecular complexity index is 13.6. The van der Waals surface area contributed by atoms with Crippen LogP contribution >= 0.6 is 12.0 Å². The zero-order valence-corrected chi connectivity index (χ0v) is 5.20. The van der Waals surface area contributed by atoms with Crippen molar-refractivity contribution in [1.82, 2.24) is 0 Å². The summed E-state index contributed by atoms with van der Waals surface area (Å²) >= 11 is 1.36. The molecule has 5 heavy (non-hydrogen) atoms. The van der Waals surface area contributed by atoms with Crippen molar-refractivity contribution in [3.05, 3.63) is 0 Å². The van der Waals surface area contributed by atoms with Gasteiger partial charge in [-0.05, 0) is 12.0 Å². The molecule has 0 amide bonds. The summed E-state index contributed by atoms with van der Waals surface area (Å²) in [5, 5.41) is 0. The average Bonchev–Trinajstić information content (AvgIpc) is 1.46. The zero-order valence-electron chi connectivity index (χ0n) is 2.97. The SMILES string of the molecule is CSO.[O]=[AlH]. The van der Waals surface area contributed by atoms with E-state index in [9.17, 15) is 0 Å². The molecule has 0 aliphatic rings. The van der Waals surface area contributed by atoms with Gasteiger partial charge in [-0.25, -0.2) is 0 Å². The van der Waals surface area contributed by atoms with Gasteiger partial charge in [0.25, 0.3) is 0 Å². The first-order valence-electron chi connectivity index (χ1n) is 0.879. The van der Waals surface area contributed by atoms with E-state index in [1.807, 2.05) is 0 Å². The first kappa shape index (κ1) is 9.17. The van der Waals surface area contributed by atoms with Crippen LogP contribution in [0.15, 0.2) is 0 Å². The Hall–Kier alpha value is 0.642. The van der Waals surface area contributed by atoms with Gasteiger partial charge in [-0.3, -0.25) is 0 Å². The third kappa shape index (κ3) is 78.5. The summed E-state index contributed by atoms with van der Waals surface area (Å²) in [5.74, 6) is 0. The van der Waals surface area contributed by atoms with Crippen LogP contribution in [0.4, 0.5) is 0 Å². The molecule has 0 heterocycles.